The number of carbonyl (C=O) groups excluding carboxylic acids is 1. The molecule has 0 aliphatic carbocycles. The van der Waals surface area contributed by atoms with Crippen LogP contribution >= 0.6 is 0 Å². The fourth-order valence-electron chi connectivity index (χ4n) is 2.27. The summed E-state index contributed by atoms with van der Waals surface area (Å²) in [6.45, 7) is 1.83. The molecule has 0 spiro atoms. The molecule has 1 aromatic carbocycles. The first-order chi connectivity index (χ1) is 9.15. The Labute approximate surface area is 113 Å². The molecule has 1 aliphatic heterocycles. The zero-order chi connectivity index (χ0) is 13.7. The normalized spacial score (nSPS) is 19.3. The molecule has 0 aromatic heterocycles. The van der Waals surface area contributed by atoms with Crippen LogP contribution in [0.1, 0.15) is 12.8 Å². The minimum absolute atomic E-state index is 0.0277. The summed E-state index contributed by atoms with van der Waals surface area (Å²) in [5.41, 5.74) is 6.27. The van der Waals surface area contributed by atoms with Gasteiger partial charge in [-0.15, -0.1) is 0 Å². The molecule has 1 atom stereocenters. The van der Waals surface area contributed by atoms with Crippen molar-refractivity contribution in [2.45, 2.75) is 18.9 Å². The van der Waals surface area contributed by atoms with Crippen LogP contribution in [0.3, 0.4) is 0 Å². The fourth-order valence-corrected chi connectivity index (χ4v) is 2.27. The van der Waals surface area contributed by atoms with Crippen LogP contribution in [0.5, 0.6) is 5.75 Å². The van der Waals surface area contributed by atoms with E-state index in [1.165, 1.54) is 6.42 Å². The number of nitrogens with one attached hydrogen (secondary N) is 1. The van der Waals surface area contributed by atoms with Crippen molar-refractivity contribution in [1.29, 1.82) is 0 Å². The molecule has 1 amide bonds. The van der Waals surface area contributed by atoms with Crippen LogP contribution in [-0.2, 0) is 4.79 Å². The second-order valence-corrected chi connectivity index (χ2v) is 4.94. The maximum atomic E-state index is 11.7. The molecule has 104 valence electrons. The van der Waals surface area contributed by atoms with Crippen molar-refractivity contribution < 1.29 is 9.53 Å². The van der Waals surface area contributed by atoms with Crippen LogP contribution in [0.15, 0.2) is 24.3 Å². The fraction of sp³-hybridized carbons (Fsp3) is 0.500. The predicted molar refractivity (Wildman–Crippen MR) is 75.0 cm³/mol. The standard InChI is InChI=1S/C14H21N3O2/c1-17-7-3-5-12(17)9-16-14(18)10-19-13-6-2-4-11(15)8-13/h2,4,6,8,12H,3,5,7,9-10,15H2,1H3,(H,16,18). The minimum atomic E-state index is -0.0947. The summed E-state index contributed by atoms with van der Waals surface area (Å²) in [6, 6.07) is 7.53. The highest BCUT2D eigenvalue weighted by atomic mass is 16.5. The number of nitrogen functional groups attached to an aromatic ring is 1. The summed E-state index contributed by atoms with van der Waals surface area (Å²) in [5, 5.41) is 2.90. The molecule has 1 unspecified atom stereocenters. The zero-order valence-electron chi connectivity index (χ0n) is 11.3. The Bertz CT molecular complexity index is 436. The van der Waals surface area contributed by atoms with E-state index in [2.05, 4.69) is 17.3 Å². The molecule has 5 nitrogen and oxygen atoms in total. The van der Waals surface area contributed by atoms with Crippen molar-refractivity contribution in [3.63, 3.8) is 0 Å². The quantitative estimate of drug-likeness (QED) is 0.773. The second-order valence-electron chi connectivity index (χ2n) is 4.94. The molecule has 1 fully saturated rings. The molecule has 1 aliphatic rings. The number of benzene rings is 1. The van der Waals surface area contributed by atoms with Crippen LogP contribution in [0.25, 0.3) is 0 Å². The Kier molecular flexibility index (Phi) is 4.63. The van der Waals surface area contributed by atoms with Gasteiger partial charge in [-0.05, 0) is 38.6 Å². The average molecular weight is 263 g/mol. The number of likely N-dealkylation sites (N-methyl/N-ethyl adjacent to an activating group) is 1. The molecule has 0 radical (unpaired) electrons. The Balaban J connectivity index is 1.70. The molecular formula is C14H21N3O2. The minimum Gasteiger partial charge on any atom is -0.484 e. The smallest absolute Gasteiger partial charge is 0.257 e. The maximum absolute atomic E-state index is 11.7. The van der Waals surface area contributed by atoms with Gasteiger partial charge < -0.3 is 20.7 Å². The molecule has 19 heavy (non-hydrogen) atoms. The Hall–Kier alpha value is -1.75. The van der Waals surface area contributed by atoms with Gasteiger partial charge in [-0.2, -0.15) is 0 Å². The number of nitrogens with two attached hydrogens (primary N) is 1. The predicted octanol–water partition coefficient (Wildman–Crippen LogP) is 0.858. The first-order valence-electron chi connectivity index (χ1n) is 6.60. The molecule has 0 bridgehead atoms. The Morgan fingerprint density at radius 2 is 2.42 bits per heavy atom. The average Bonchev–Trinajstić information content (AvgIpc) is 2.80. The van der Waals surface area contributed by atoms with Crippen molar-refractivity contribution in [3.8, 4) is 5.75 Å². The van der Waals surface area contributed by atoms with Crippen LogP contribution in [0.4, 0.5) is 5.69 Å². The summed E-state index contributed by atoms with van der Waals surface area (Å²) in [4.78, 5) is 14.0. The van der Waals surface area contributed by atoms with Gasteiger partial charge in [0.25, 0.3) is 5.91 Å². The first-order valence-corrected chi connectivity index (χ1v) is 6.60. The number of nitrogens with zero attached hydrogens (tertiary/aromatic N) is 1. The summed E-state index contributed by atoms with van der Waals surface area (Å²) in [6.07, 6.45) is 2.35. The highest BCUT2D eigenvalue weighted by Gasteiger charge is 2.20. The van der Waals surface area contributed by atoms with Crippen LogP contribution < -0.4 is 15.8 Å². The monoisotopic (exact) mass is 263 g/mol. The van der Waals surface area contributed by atoms with Gasteiger partial charge in [-0.25, -0.2) is 0 Å². The highest BCUT2D eigenvalue weighted by Crippen LogP contribution is 2.15. The molecular weight excluding hydrogens is 242 g/mol. The van der Waals surface area contributed by atoms with E-state index in [-0.39, 0.29) is 12.5 Å². The molecule has 5 heteroatoms. The lowest BCUT2D eigenvalue weighted by Crippen LogP contribution is -2.40. The summed E-state index contributed by atoms with van der Waals surface area (Å²) in [5.74, 6) is 0.524. The van der Waals surface area contributed by atoms with Gasteiger partial charge in [0.1, 0.15) is 5.75 Å². The van der Waals surface area contributed by atoms with Crippen molar-refractivity contribution >= 4 is 11.6 Å². The van der Waals surface area contributed by atoms with E-state index in [9.17, 15) is 4.79 Å². The van der Waals surface area contributed by atoms with Crippen molar-refractivity contribution in [1.82, 2.24) is 10.2 Å². The number of rotatable bonds is 5. The van der Waals surface area contributed by atoms with Crippen LogP contribution in [0.2, 0.25) is 0 Å². The lowest BCUT2D eigenvalue weighted by Gasteiger charge is -2.19. The third kappa shape index (κ3) is 4.13. The number of hydrogen-bond donors (Lipinski definition) is 2. The summed E-state index contributed by atoms with van der Waals surface area (Å²) in [7, 11) is 2.09. The van der Waals surface area contributed by atoms with Gasteiger partial charge in [0.05, 0.1) is 0 Å². The van der Waals surface area contributed by atoms with Gasteiger partial charge >= 0.3 is 0 Å². The third-order valence-electron chi connectivity index (χ3n) is 3.43. The van der Waals surface area contributed by atoms with Gasteiger partial charge in [0.2, 0.25) is 0 Å². The number of amides is 1. The lowest BCUT2D eigenvalue weighted by molar-refractivity contribution is -0.123. The van der Waals surface area contributed by atoms with Crippen molar-refractivity contribution in [2.75, 3.05) is 32.5 Å². The molecule has 1 saturated heterocycles. The zero-order valence-corrected chi connectivity index (χ0v) is 11.3. The number of ether oxygens (including phenoxy) is 1. The van der Waals surface area contributed by atoms with Gasteiger partial charge in [-0.1, -0.05) is 6.07 Å². The van der Waals surface area contributed by atoms with Crippen molar-refractivity contribution in [3.05, 3.63) is 24.3 Å². The van der Waals surface area contributed by atoms with E-state index in [0.29, 0.717) is 24.0 Å². The first kappa shape index (κ1) is 13.7. The van der Waals surface area contributed by atoms with Gasteiger partial charge in [0.15, 0.2) is 6.61 Å². The van der Waals surface area contributed by atoms with Crippen LogP contribution in [-0.4, -0.2) is 43.6 Å². The molecule has 3 N–H and O–H groups in total. The number of carbonyl (C=O) groups is 1. The van der Waals surface area contributed by atoms with Crippen molar-refractivity contribution in [2.24, 2.45) is 0 Å². The van der Waals surface area contributed by atoms with E-state index in [1.54, 1.807) is 24.3 Å². The number of likely N-dealkylation sites (tertiary alicyclic amines) is 1. The second kappa shape index (κ2) is 6.43. The highest BCUT2D eigenvalue weighted by molar-refractivity contribution is 5.77. The molecule has 0 saturated carbocycles. The largest absolute Gasteiger partial charge is 0.484 e. The Morgan fingerprint density at radius 3 is 3.11 bits per heavy atom. The topological polar surface area (TPSA) is 67.6 Å². The van der Waals surface area contributed by atoms with E-state index in [4.69, 9.17) is 10.5 Å². The number of anilines is 1. The lowest BCUT2D eigenvalue weighted by atomic mass is 10.2. The molecule has 1 heterocycles. The SMILES string of the molecule is CN1CCCC1CNC(=O)COc1cccc(N)c1. The summed E-state index contributed by atoms with van der Waals surface area (Å²) < 4.78 is 5.39. The van der Waals surface area contributed by atoms with E-state index in [1.807, 2.05) is 0 Å². The van der Waals surface area contributed by atoms with E-state index < -0.39 is 0 Å². The third-order valence-corrected chi connectivity index (χ3v) is 3.43. The molecule has 1 aromatic rings. The van der Waals surface area contributed by atoms with E-state index >= 15 is 0 Å². The van der Waals surface area contributed by atoms with Gasteiger partial charge in [0, 0.05) is 24.3 Å². The van der Waals surface area contributed by atoms with Gasteiger partial charge in [-0.3, -0.25) is 4.79 Å². The van der Waals surface area contributed by atoms with Crippen LogP contribution in [0, 0.1) is 0 Å². The number of hydrogen-bond acceptors (Lipinski definition) is 4. The molecule has 2 rings (SSSR count). The maximum Gasteiger partial charge on any atom is 0.257 e. The summed E-state index contributed by atoms with van der Waals surface area (Å²) >= 11 is 0. The van der Waals surface area contributed by atoms with E-state index in [0.717, 1.165) is 13.0 Å². The Morgan fingerprint density at radius 1 is 1.58 bits per heavy atom.